The van der Waals surface area contributed by atoms with Crippen molar-refractivity contribution in [3.05, 3.63) is 11.6 Å². The highest BCUT2D eigenvalue weighted by atomic mass is 35.5. The summed E-state index contributed by atoms with van der Waals surface area (Å²) in [6.45, 7) is 1.37. The number of nitrogen functional groups attached to an aromatic ring is 1. The second-order valence-electron chi connectivity index (χ2n) is 5.20. The van der Waals surface area contributed by atoms with Crippen LogP contribution in [0.3, 0.4) is 0 Å². The summed E-state index contributed by atoms with van der Waals surface area (Å²) in [5.74, 6) is 0.0323. The van der Waals surface area contributed by atoms with Gasteiger partial charge in [0, 0.05) is 0 Å². The number of carbonyl (C=O) groups excluding carboxylic acids is 1. The van der Waals surface area contributed by atoms with Crippen LogP contribution < -0.4 is 5.73 Å². The number of imidazole rings is 1. The molecule has 2 aromatic rings. The molecule has 136 valence electrons. The van der Waals surface area contributed by atoms with Crippen LogP contribution in [0.15, 0.2) is 6.33 Å². The van der Waals surface area contributed by atoms with E-state index in [1.165, 1.54) is 10.9 Å². The topological polar surface area (TPSA) is 135 Å². The van der Waals surface area contributed by atoms with Gasteiger partial charge in [-0.25, -0.2) is 14.2 Å². The standard InChI is InChI=1S/C13H15ClFN5O5/c1-2-23-13(22)24-3-5-8(21)6(15)11(25-5)20-4-17-7-9(16)18-12(14)19-10(7)20/h4-6,8,11,21H,2-3H2,1H3,(H2,16,18,19)/t5-,6+,8-,11-/m1/s1. The van der Waals surface area contributed by atoms with E-state index in [-0.39, 0.29) is 35.5 Å². The van der Waals surface area contributed by atoms with Crippen LogP contribution in [0.1, 0.15) is 13.2 Å². The SMILES string of the molecule is CCOC(=O)OC[C@H]1O[C@@H](n2cnc3c(N)nc(Cl)nc32)[C@@H](F)[C@@H]1O. The number of halogens is 2. The summed E-state index contributed by atoms with van der Waals surface area (Å²) in [6, 6.07) is 0. The minimum Gasteiger partial charge on any atom is -0.435 e. The number of rotatable bonds is 4. The molecule has 1 aliphatic heterocycles. The lowest BCUT2D eigenvalue weighted by Crippen LogP contribution is -2.32. The summed E-state index contributed by atoms with van der Waals surface area (Å²) in [5, 5.41) is 9.87. The number of aliphatic hydroxyl groups excluding tert-OH is 1. The Balaban J connectivity index is 1.80. The minimum absolute atomic E-state index is 0.0323. The molecule has 0 saturated carbocycles. The first-order chi connectivity index (χ1) is 11.9. The highest BCUT2D eigenvalue weighted by molar-refractivity contribution is 6.28. The van der Waals surface area contributed by atoms with E-state index < -0.39 is 30.8 Å². The Morgan fingerprint density at radius 2 is 2.28 bits per heavy atom. The molecular weight excluding hydrogens is 361 g/mol. The third-order valence-corrected chi connectivity index (χ3v) is 3.79. The lowest BCUT2D eigenvalue weighted by molar-refractivity contribution is -0.0578. The molecule has 1 aliphatic rings. The van der Waals surface area contributed by atoms with Crippen molar-refractivity contribution in [1.29, 1.82) is 0 Å². The zero-order valence-electron chi connectivity index (χ0n) is 13.0. The zero-order chi connectivity index (χ0) is 18.1. The monoisotopic (exact) mass is 375 g/mol. The summed E-state index contributed by atoms with van der Waals surface area (Å²) in [6.07, 6.45) is -5.35. The van der Waals surface area contributed by atoms with E-state index in [9.17, 15) is 14.3 Å². The Bertz CT molecular complexity index is 790. The van der Waals surface area contributed by atoms with E-state index in [4.69, 9.17) is 26.8 Å². The number of carbonyl (C=O) groups is 1. The predicted molar refractivity (Wildman–Crippen MR) is 82.5 cm³/mol. The van der Waals surface area contributed by atoms with Crippen LogP contribution >= 0.6 is 11.6 Å². The Hall–Kier alpha value is -2.24. The normalized spacial score (nSPS) is 26.1. The molecule has 25 heavy (non-hydrogen) atoms. The fourth-order valence-corrected chi connectivity index (χ4v) is 2.64. The molecule has 0 radical (unpaired) electrons. The minimum atomic E-state index is -1.82. The molecule has 0 aromatic carbocycles. The van der Waals surface area contributed by atoms with E-state index >= 15 is 0 Å². The maximum absolute atomic E-state index is 14.5. The first-order valence-electron chi connectivity index (χ1n) is 7.35. The predicted octanol–water partition coefficient (Wildman–Crippen LogP) is 0.831. The highest BCUT2D eigenvalue weighted by Crippen LogP contribution is 2.34. The lowest BCUT2D eigenvalue weighted by atomic mass is 10.1. The van der Waals surface area contributed by atoms with Gasteiger partial charge in [-0.15, -0.1) is 0 Å². The van der Waals surface area contributed by atoms with Crippen LogP contribution in [0, 0.1) is 0 Å². The molecule has 0 bridgehead atoms. The van der Waals surface area contributed by atoms with E-state index in [0.29, 0.717) is 0 Å². The Morgan fingerprint density at radius 1 is 1.52 bits per heavy atom. The van der Waals surface area contributed by atoms with Crippen molar-refractivity contribution in [3.8, 4) is 0 Å². The molecule has 12 heteroatoms. The quantitative estimate of drug-likeness (QED) is 0.588. The number of hydrogen-bond donors (Lipinski definition) is 2. The van der Waals surface area contributed by atoms with Crippen LogP contribution in [0.25, 0.3) is 11.2 Å². The van der Waals surface area contributed by atoms with Gasteiger partial charge in [0.25, 0.3) is 0 Å². The van der Waals surface area contributed by atoms with Crippen LogP contribution in [-0.2, 0) is 14.2 Å². The van der Waals surface area contributed by atoms with Crippen LogP contribution in [0.5, 0.6) is 0 Å². The van der Waals surface area contributed by atoms with Crippen molar-refractivity contribution in [3.63, 3.8) is 0 Å². The average Bonchev–Trinajstić information content (AvgIpc) is 3.09. The third-order valence-electron chi connectivity index (χ3n) is 3.62. The fourth-order valence-electron chi connectivity index (χ4n) is 2.47. The van der Waals surface area contributed by atoms with Gasteiger partial charge in [0.05, 0.1) is 12.9 Å². The van der Waals surface area contributed by atoms with Gasteiger partial charge in [-0.1, -0.05) is 0 Å². The molecule has 4 atom stereocenters. The number of aromatic nitrogens is 4. The highest BCUT2D eigenvalue weighted by Gasteiger charge is 2.46. The summed E-state index contributed by atoms with van der Waals surface area (Å²) in [7, 11) is 0. The molecule has 3 heterocycles. The van der Waals surface area contributed by atoms with E-state index in [2.05, 4.69) is 19.7 Å². The number of nitrogens with zero attached hydrogens (tertiary/aromatic N) is 4. The molecule has 0 unspecified atom stereocenters. The molecular formula is C13H15ClFN5O5. The van der Waals surface area contributed by atoms with Gasteiger partial charge in [-0.05, 0) is 18.5 Å². The molecule has 3 N–H and O–H groups in total. The summed E-state index contributed by atoms with van der Waals surface area (Å²) < 4.78 is 30.6. The number of nitrogens with two attached hydrogens (primary N) is 1. The average molecular weight is 376 g/mol. The van der Waals surface area contributed by atoms with Gasteiger partial charge < -0.3 is 25.1 Å². The largest absolute Gasteiger partial charge is 0.508 e. The van der Waals surface area contributed by atoms with E-state index in [1.807, 2.05) is 0 Å². The van der Waals surface area contributed by atoms with Gasteiger partial charge in [0.1, 0.15) is 24.3 Å². The first kappa shape index (κ1) is 17.6. The third kappa shape index (κ3) is 3.30. The second-order valence-corrected chi connectivity index (χ2v) is 5.53. The lowest BCUT2D eigenvalue weighted by Gasteiger charge is -2.15. The Morgan fingerprint density at radius 3 is 3.00 bits per heavy atom. The molecule has 0 spiro atoms. The number of hydrogen-bond acceptors (Lipinski definition) is 9. The first-order valence-corrected chi connectivity index (χ1v) is 7.72. The van der Waals surface area contributed by atoms with Crippen molar-refractivity contribution in [2.75, 3.05) is 18.9 Å². The number of ether oxygens (including phenoxy) is 3. The van der Waals surface area contributed by atoms with Crippen molar-refractivity contribution in [1.82, 2.24) is 19.5 Å². The number of fused-ring (bicyclic) bond motifs is 1. The zero-order valence-corrected chi connectivity index (χ0v) is 13.8. The van der Waals surface area contributed by atoms with Gasteiger partial charge in [-0.2, -0.15) is 9.97 Å². The van der Waals surface area contributed by atoms with Crippen LogP contribution in [-0.4, -0.2) is 62.4 Å². The number of aliphatic hydroxyl groups is 1. The Kier molecular flexibility index (Phi) is 4.88. The summed E-state index contributed by atoms with van der Waals surface area (Å²) in [5.41, 5.74) is 6.08. The van der Waals surface area contributed by atoms with Crippen LogP contribution in [0.2, 0.25) is 5.28 Å². The van der Waals surface area contributed by atoms with E-state index in [0.717, 1.165) is 0 Å². The fraction of sp³-hybridized carbons (Fsp3) is 0.538. The maximum atomic E-state index is 14.5. The van der Waals surface area contributed by atoms with Crippen molar-refractivity contribution < 1.29 is 28.5 Å². The number of alkyl halides is 1. The van der Waals surface area contributed by atoms with Gasteiger partial charge in [0.2, 0.25) is 5.28 Å². The van der Waals surface area contributed by atoms with Gasteiger partial charge in [-0.3, -0.25) is 4.57 Å². The molecule has 0 aliphatic carbocycles. The Labute approximate surface area is 145 Å². The maximum Gasteiger partial charge on any atom is 0.508 e. The second kappa shape index (κ2) is 6.94. The van der Waals surface area contributed by atoms with E-state index in [1.54, 1.807) is 6.92 Å². The summed E-state index contributed by atoms with van der Waals surface area (Å²) >= 11 is 5.77. The molecule has 0 amide bonds. The molecule has 2 aromatic heterocycles. The summed E-state index contributed by atoms with van der Waals surface area (Å²) in [4.78, 5) is 22.9. The van der Waals surface area contributed by atoms with Gasteiger partial charge in [0.15, 0.2) is 23.9 Å². The van der Waals surface area contributed by atoms with Crippen molar-refractivity contribution in [2.45, 2.75) is 31.5 Å². The molecule has 1 saturated heterocycles. The molecule has 3 rings (SSSR count). The molecule has 1 fully saturated rings. The number of anilines is 1. The van der Waals surface area contributed by atoms with Gasteiger partial charge >= 0.3 is 6.16 Å². The van der Waals surface area contributed by atoms with Crippen LogP contribution in [0.4, 0.5) is 15.0 Å². The molecule has 10 nitrogen and oxygen atoms in total. The van der Waals surface area contributed by atoms with Crippen molar-refractivity contribution >= 4 is 34.7 Å². The smallest absolute Gasteiger partial charge is 0.435 e. The van der Waals surface area contributed by atoms with Crippen molar-refractivity contribution in [2.24, 2.45) is 0 Å².